The molecule has 13 heavy (non-hydrogen) atoms. The molecule has 1 aromatic carbocycles. The number of nitrogens with two attached hydrogens (primary N) is 1. The van der Waals surface area contributed by atoms with Crippen molar-refractivity contribution in [3.63, 3.8) is 0 Å². The fraction of sp³-hybridized carbons (Fsp3) is 0.455. The van der Waals surface area contributed by atoms with Gasteiger partial charge in [-0.1, -0.05) is 6.07 Å². The zero-order valence-electron chi connectivity index (χ0n) is 7.88. The minimum atomic E-state index is 0.302. The van der Waals surface area contributed by atoms with Crippen molar-refractivity contribution in [2.75, 3.05) is 0 Å². The van der Waals surface area contributed by atoms with Gasteiger partial charge in [0.2, 0.25) is 0 Å². The molecule has 0 saturated heterocycles. The third-order valence-corrected chi connectivity index (χ3v) is 2.91. The summed E-state index contributed by atoms with van der Waals surface area (Å²) in [5.74, 6) is 0.411. The Kier molecular flexibility index (Phi) is 2.00. The first-order valence-electron chi connectivity index (χ1n) is 4.74. The SMILES string of the molecule is Cc1c(O)ccc2c1CC[C@@H](N)C2. The Labute approximate surface area is 78.4 Å². The highest BCUT2D eigenvalue weighted by Crippen LogP contribution is 2.29. The quantitative estimate of drug-likeness (QED) is 0.631. The Balaban J connectivity index is 2.47. The fourth-order valence-corrected chi connectivity index (χ4v) is 2.05. The van der Waals surface area contributed by atoms with Crippen molar-refractivity contribution in [3.8, 4) is 5.75 Å². The van der Waals surface area contributed by atoms with Crippen LogP contribution in [-0.2, 0) is 12.8 Å². The molecule has 1 aliphatic rings. The van der Waals surface area contributed by atoms with Crippen molar-refractivity contribution in [2.24, 2.45) is 5.73 Å². The summed E-state index contributed by atoms with van der Waals surface area (Å²) in [4.78, 5) is 0. The minimum Gasteiger partial charge on any atom is -0.508 e. The van der Waals surface area contributed by atoms with Gasteiger partial charge in [0.1, 0.15) is 5.75 Å². The van der Waals surface area contributed by atoms with E-state index in [1.165, 1.54) is 11.1 Å². The van der Waals surface area contributed by atoms with Crippen LogP contribution in [0.5, 0.6) is 5.75 Å². The van der Waals surface area contributed by atoms with E-state index in [-0.39, 0.29) is 0 Å². The largest absolute Gasteiger partial charge is 0.508 e. The lowest BCUT2D eigenvalue weighted by atomic mass is 9.86. The number of benzene rings is 1. The van der Waals surface area contributed by atoms with E-state index in [1.807, 2.05) is 13.0 Å². The number of hydrogen-bond acceptors (Lipinski definition) is 2. The number of phenolic OH excluding ortho intramolecular Hbond substituents is 1. The van der Waals surface area contributed by atoms with Crippen molar-refractivity contribution in [3.05, 3.63) is 28.8 Å². The summed E-state index contributed by atoms with van der Waals surface area (Å²) >= 11 is 0. The molecule has 1 atom stereocenters. The molecule has 0 heterocycles. The van der Waals surface area contributed by atoms with Crippen molar-refractivity contribution >= 4 is 0 Å². The van der Waals surface area contributed by atoms with Crippen molar-refractivity contribution in [2.45, 2.75) is 32.2 Å². The van der Waals surface area contributed by atoms with Crippen molar-refractivity contribution < 1.29 is 5.11 Å². The summed E-state index contributed by atoms with van der Waals surface area (Å²) in [5, 5.41) is 9.51. The first-order chi connectivity index (χ1) is 6.18. The standard InChI is InChI=1S/C11H15NO/c1-7-10-4-3-9(12)6-8(10)2-5-11(7)13/h2,5,9,13H,3-4,6,12H2,1H3/t9-/m1/s1. The topological polar surface area (TPSA) is 46.2 Å². The van der Waals surface area contributed by atoms with Gasteiger partial charge < -0.3 is 10.8 Å². The molecule has 0 spiro atoms. The van der Waals surface area contributed by atoms with Gasteiger partial charge in [-0.2, -0.15) is 0 Å². The monoisotopic (exact) mass is 177 g/mol. The first-order valence-corrected chi connectivity index (χ1v) is 4.74. The summed E-state index contributed by atoms with van der Waals surface area (Å²) in [7, 11) is 0. The van der Waals surface area contributed by atoms with E-state index in [0.29, 0.717) is 11.8 Å². The van der Waals surface area contributed by atoms with Gasteiger partial charge in [-0.05, 0) is 48.9 Å². The number of aromatic hydroxyl groups is 1. The van der Waals surface area contributed by atoms with E-state index in [4.69, 9.17) is 5.73 Å². The second kappa shape index (κ2) is 3.04. The van der Waals surface area contributed by atoms with Crippen LogP contribution < -0.4 is 5.73 Å². The van der Waals surface area contributed by atoms with Gasteiger partial charge in [0, 0.05) is 6.04 Å². The summed E-state index contributed by atoms with van der Waals surface area (Å²) in [6, 6.07) is 4.07. The third kappa shape index (κ3) is 1.42. The van der Waals surface area contributed by atoms with E-state index < -0.39 is 0 Å². The molecule has 1 aliphatic carbocycles. The Morgan fingerprint density at radius 2 is 2.23 bits per heavy atom. The zero-order chi connectivity index (χ0) is 9.42. The molecule has 70 valence electrons. The van der Waals surface area contributed by atoms with Gasteiger partial charge in [0.15, 0.2) is 0 Å². The third-order valence-electron chi connectivity index (χ3n) is 2.91. The summed E-state index contributed by atoms with van der Waals surface area (Å²) < 4.78 is 0. The average molecular weight is 177 g/mol. The van der Waals surface area contributed by atoms with Gasteiger partial charge in [-0.25, -0.2) is 0 Å². The number of hydrogen-bond donors (Lipinski definition) is 2. The highest BCUT2D eigenvalue weighted by atomic mass is 16.3. The molecular formula is C11H15NO. The van der Waals surface area contributed by atoms with Crippen LogP contribution in [0.15, 0.2) is 12.1 Å². The molecule has 0 radical (unpaired) electrons. The van der Waals surface area contributed by atoms with E-state index in [9.17, 15) is 5.11 Å². The lowest BCUT2D eigenvalue weighted by Gasteiger charge is -2.23. The Morgan fingerprint density at radius 3 is 3.00 bits per heavy atom. The van der Waals surface area contributed by atoms with Crippen LogP contribution in [0, 0.1) is 6.92 Å². The molecule has 0 fully saturated rings. The van der Waals surface area contributed by atoms with Crippen LogP contribution in [-0.4, -0.2) is 11.1 Å². The smallest absolute Gasteiger partial charge is 0.118 e. The number of rotatable bonds is 0. The molecule has 2 heteroatoms. The number of phenols is 1. The molecule has 3 N–H and O–H groups in total. The minimum absolute atomic E-state index is 0.302. The van der Waals surface area contributed by atoms with Gasteiger partial charge >= 0.3 is 0 Å². The van der Waals surface area contributed by atoms with E-state index in [0.717, 1.165) is 24.8 Å². The highest BCUT2D eigenvalue weighted by molar-refractivity contribution is 5.45. The normalized spacial score (nSPS) is 21.2. The molecule has 0 aromatic heterocycles. The van der Waals surface area contributed by atoms with Crippen LogP contribution in [0.2, 0.25) is 0 Å². The average Bonchev–Trinajstić information content (AvgIpc) is 2.12. The Morgan fingerprint density at radius 1 is 1.46 bits per heavy atom. The summed E-state index contributed by atoms with van der Waals surface area (Å²) in [6.45, 7) is 1.98. The molecule has 0 saturated carbocycles. The fourth-order valence-electron chi connectivity index (χ4n) is 2.05. The molecular weight excluding hydrogens is 162 g/mol. The van der Waals surface area contributed by atoms with E-state index in [1.54, 1.807) is 6.07 Å². The van der Waals surface area contributed by atoms with Crippen LogP contribution in [0.25, 0.3) is 0 Å². The molecule has 2 rings (SSSR count). The molecule has 0 amide bonds. The molecule has 0 bridgehead atoms. The van der Waals surface area contributed by atoms with Gasteiger partial charge in [-0.15, -0.1) is 0 Å². The zero-order valence-corrected chi connectivity index (χ0v) is 7.88. The highest BCUT2D eigenvalue weighted by Gasteiger charge is 2.17. The number of fused-ring (bicyclic) bond motifs is 1. The maximum absolute atomic E-state index is 9.51. The van der Waals surface area contributed by atoms with E-state index in [2.05, 4.69) is 0 Å². The Hall–Kier alpha value is -1.02. The first kappa shape index (κ1) is 8.57. The van der Waals surface area contributed by atoms with Crippen LogP contribution in [0.4, 0.5) is 0 Å². The van der Waals surface area contributed by atoms with Crippen LogP contribution in [0.1, 0.15) is 23.1 Å². The molecule has 2 nitrogen and oxygen atoms in total. The van der Waals surface area contributed by atoms with Gasteiger partial charge in [0.05, 0.1) is 0 Å². The maximum atomic E-state index is 9.51. The predicted octanol–water partition coefficient (Wildman–Crippen LogP) is 1.52. The molecule has 0 unspecified atom stereocenters. The van der Waals surface area contributed by atoms with Gasteiger partial charge in [0.25, 0.3) is 0 Å². The summed E-state index contributed by atoms with van der Waals surface area (Å²) in [5.41, 5.74) is 9.53. The molecule has 1 aromatic rings. The van der Waals surface area contributed by atoms with Gasteiger partial charge in [-0.3, -0.25) is 0 Å². The van der Waals surface area contributed by atoms with Crippen LogP contribution in [0.3, 0.4) is 0 Å². The lowest BCUT2D eigenvalue weighted by molar-refractivity contribution is 0.467. The predicted molar refractivity (Wildman–Crippen MR) is 52.8 cm³/mol. The second-order valence-corrected chi connectivity index (χ2v) is 3.85. The lowest BCUT2D eigenvalue weighted by Crippen LogP contribution is -2.28. The maximum Gasteiger partial charge on any atom is 0.118 e. The Bertz CT molecular complexity index is 333. The van der Waals surface area contributed by atoms with Crippen molar-refractivity contribution in [1.82, 2.24) is 0 Å². The van der Waals surface area contributed by atoms with Crippen molar-refractivity contribution in [1.29, 1.82) is 0 Å². The van der Waals surface area contributed by atoms with Crippen LogP contribution >= 0.6 is 0 Å². The summed E-state index contributed by atoms with van der Waals surface area (Å²) in [6.07, 6.45) is 3.00. The second-order valence-electron chi connectivity index (χ2n) is 3.85. The molecule has 0 aliphatic heterocycles. The van der Waals surface area contributed by atoms with E-state index >= 15 is 0 Å².